The van der Waals surface area contributed by atoms with Gasteiger partial charge in [0, 0.05) is 13.2 Å². The van der Waals surface area contributed by atoms with Crippen molar-refractivity contribution >= 4 is 5.91 Å². The number of nitrogens with one attached hydrogen (secondary N) is 1. The highest BCUT2D eigenvalue weighted by atomic mass is 16.2. The molecule has 0 aliphatic heterocycles. The molecule has 0 spiro atoms. The molecular weight excluding hydrogens is 216 g/mol. The lowest BCUT2D eigenvalue weighted by molar-refractivity contribution is -0.125. The van der Waals surface area contributed by atoms with Crippen molar-refractivity contribution in [3.05, 3.63) is 0 Å². The lowest BCUT2D eigenvalue weighted by atomic mass is 9.85. The molecule has 1 amide bonds. The van der Waals surface area contributed by atoms with Crippen LogP contribution in [0.25, 0.3) is 0 Å². The molecule has 0 saturated heterocycles. The highest BCUT2D eigenvalue weighted by Crippen LogP contribution is 2.22. The van der Waals surface area contributed by atoms with Gasteiger partial charge in [-0.1, -0.05) is 34.6 Å². The standard InChI is InChI=1S/C13H28N2O2/c1-12(2,3)10(14)11(17)15-9-13(4,5)7-6-8-16/h10,16H,6-9,14H2,1-5H3,(H,15,17)/t10-/m1/s1. The first-order valence-corrected chi connectivity index (χ1v) is 6.24. The normalized spacial score (nSPS) is 14.5. The van der Waals surface area contributed by atoms with Crippen LogP contribution < -0.4 is 11.1 Å². The van der Waals surface area contributed by atoms with E-state index in [4.69, 9.17) is 10.8 Å². The van der Waals surface area contributed by atoms with Gasteiger partial charge in [0.1, 0.15) is 0 Å². The summed E-state index contributed by atoms with van der Waals surface area (Å²) in [5.41, 5.74) is 5.64. The number of rotatable bonds is 6. The second kappa shape index (κ2) is 6.36. The lowest BCUT2D eigenvalue weighted by Gasteiger charge is -2.29. The van der Waals surface area contributed by atoms with Gasteiger partial charge in [-0.25, -0.2) is 0 Å². The second-order valence-corrected chi connectivity index (χ2v) is 6.55. The molecule has 0 aromatic heterocycles. The summed E-state index contributed by atoms with van der Waals surface area (Å²) in [4.78, 5) is 11.8. The van der Waals surface area contributed by atoms with Crippen LogP contribution in [0.4, 0.5) is 0 Å². The van der Waals surface area contributed by atoms with Crippen molar-refractivity contribution in [2.45, 2.75) is 53.5 Å². The number of carbonyl (C=O) groups is 1. The molecule has 1 atom stereocenters. The third-order valence-electron chi connectivity index (χ3n) is 2.97. The summed E-state index contributed by atoms with van der Waals surface area (Å²) in [7, 11) is 0. The van der Waals surface area contributed by atoms with Crippen LogP contribution in [0.3, 0.4) is 0 Å². The molecule has 0 aromatic carbocycles. The van der Waals surface area contributed by atoms with Crippen molar-refractivity contribution < 1.29 is 9.90 Å². The van der Waals surface area contributed by atoms with Gasteiger partial charge in [-0.05, 0) is 23.7 Å². The molecular formula is C13H28N2O2. The fraction of sp³-hybridized carbons (Fsp3) is 0.923. The van der Waals surface area contributed by atoms with E-state index in [1.54, 1.807) is 0 Å². The van der Waals surface area contributed by atoms with E-state index in [2.05, 4.69) is 19.2 Å². The summed E-state index contributed by atoms with van der Waals surface area (Å²) >= 11 is 0. The summed E-state index contributed by atoms with van der Waals surface area (Å²) in [6.07, 6.45) is 1.64. The quantitative estimate of drug-likeness (QED) is 0.658. The van der Waals surface area contributed by atoms with Crippen molar-refractivity contribution in [3.8, 4) is 0 Å². The summed E-state index contributed by atoms with van der Waals surface area (Å²) in [5, 5.41) is 11.7. The number of aliphatic hydroxyl groups is 1. The minimum absolute atomic E-state index is 0.00397. The Morgan fingerprint density at radius 3 is 2.24 bits per heavy atom. The number of hydrogen-bond donors (Lipinski definition) is 3. The van der Waals surface area contributed by atoms with Crippen LogP contribution in [0.2, 0.25) is 0 Å². The number of aliphatic hydroxyl groups excluding tert-OH is 1. The second-order valence-electron chi connectivity index (χ2n) is 6.55. The third-order valence-corrected chi connectivity index (χ3v) is 2.97. The van der Waals surface area contributed by atoms with Crippen molar-refractivity contribution in [1.29, 1.82) is 0 Å². The molecule has 0 fully saturated rings. The molecule has 0 radical (unpaired) electrons. The van der Waals surface area contributed by atoms with Gasteiger partial charge >= 0.3 is 0 Å². The van der Waals surface area contributed by atoms with Crippen LogP contribution in [-0.4, -0.2) is 30.2 Å². The maximum atomic E-state index is 11.8. The Balaban J connectivity index is 4.15. The fourth-order valence-electron chi connectivity index (χ4n) is 1.48. The van der Waals surface area contributed by atoms with E-state index < -0.39 is 6.04 Å². The fourth-order valence-corrected chi connectivity index (χ4v) is 1.48. The van der Waals surface area contributed by atoms with Crippen LogP contribution in [0.5, 0.6) is 0 Å². The SMILES string of the molecule is CC(C)(CCCO)CNC(=O)[C@@H](N)C(C)(C)C. The van der Waals surface area contributed by atoms with E-state index in [9.17, 15) is 4.79 Å². The van der Waals surface area contributed by atoms with Gasteiger partial charge in [-0.2, -0.15) is 0 Å². The van der Waals surface area contributed by atoms with Gasteiger partial charge in [0.05, 0.1) is 6.04 Å². The van der Waals surface area contributed by atoms with Gasteiger partial charge in [-0.15, -0.1) is 0 Å². The third kappa shape index (κ3) is 6.64. The number of amides is 1. The topological polar surface area (TPSA) is 75.3 Å². The first kappa shape index (κ1) is 16.4. The summed E-state index contributed by atoms with van der Waals surface area (Å²) in [6, 6.07) is -0.490. The molecule has 0 heterocycles. The average molecular weight is 244 g/mol. The molecule has 0 saturated carbocycles. The van der Waals surface area contributed by atoms with Crippen LogP contribution >= 0.6 is 0 Å². The monoisotopic (exact) mass is 244 g/mol. The molecule has 0 aliphatic rings. The largest absolute Gasteiger partial charge is 0.396 e. The zero-order valence-electron chi connectivity index (χ0n) is 11.8. The van der Waals surface area contributed by atoms with Gasteiger partial charge in [-0.3, -0.25) is 4.79 Å². The first-order valence-electron chi connectivity index (χ1n) is 6.24. The van der Waals surface area contributed by atoms with Crippen LogP contribution in [0, 0.1) is 10.8 Å². The maximum absolute atomic E-state index is 11.8. The van der Waals surface area contributed by atoms with Crippen LogP contribution in [-0.2, 0) is 4.79 Å². The van der Waals surface area contributed by atoms with E-state index in [-0.39, 0.29) is 23.3 Å². The molecule has 0 aromatic rings. The molecule has 4 heteroatoms. The predicted molar refractivity (Wildman–Crippen MR) is 70.5 cm³/mol. The molecule has 0 bridgehead atoms. The lowest BCUT2D eigenvalue weighted by Crippen LogP contribution is -2.50. The Labute approximate surface area is 105 Å². The van der Waals surface area contributed by atoms with Gasteiger partial charge < -0.3 is 16.2 Å². The molecule has 0 unspecified atom stereocenters. The zero-order valence-corrected chi connectivity index (χ0v) is 11.8. The first-order chi connectivity index (χ1) is 7.60. The van der Waals surface area contributed by atoms with Crippen molar-refractivity contribution in [2.24, 2.45) is 16.6 Å². The highest BCUT2D eigenvalue weighted by molar-refractivity contribution is 5.82. The molecule has 4 nitrogen and oxygen atoms in total. The molecule has 0 rings (SSSR count). The minimum Gasteiger partial charge on any atom is -0.396 e. The van der Waals surface area contributed by atoms with Crippen molar-refractivity contribution in [2.75, 3.05) is 13.2 Å². The van der Waals surface area contributed by atoms with Gasteiger partial charge in [0.15, 0.2) is 0 Å². The van der Waals surface area contributed by atoms with E-state index in [1.807, 2.05) is 20.8 Å². The van der Waals surface area contributed by atoms with E-state index in [0.717, 1.165) is 12.8 Å². The van der Waals surface area contributed by atoms with E-state index in [1.165, 1.54) is 0 Å². The summed E-state index contributed by atoms with van der Waals surface area (Å²) in [5.74, 6) is -0.102. The summed E-state index contributed by atoms with van der Waals surface area (Å²) < 4.78 is 0. The minimum atomic E-state index is -0.490. The smallest absolute Gasteiger partial charge is 0.237 e. The van der Waals surface area contributed by atoms with Crippen molar-refractivity contribution in [3.63, 3.8) is 0 Å². The Hall–Kier alpha value is -0.610. The van der Waals surface area contributed by atoms with E-state index >= 15 is 0 Å². The summed E-state index contributed by atoms with van der Waals surface area (Å²) in [6.45, 7) is 10.8. The maximum Gasteiger partial charge on any atom is 0.237 e. The Morgan fingerprint density at radius 1 is 1.29 bits per heavy atom. The van der Waals surface area contributed by atoms with E-state index in [0.29, 0.717) is 6.54 Å². The predicted octanol–water partition coefficient (Wildman–Crippen LogP) is 1.27. The molecule has 17 heavy (non-hydrogen) atoms. The number of nitrogens with two attached hydrogens (primary N) is 1. The van der Waals surface area contributed by atoms with Crippen LogP contribution in [0.1, 0.15) is 47.5 Å². The van der Waals surface area contributed by atoms with Crippen molar-refractivity contribution in [1.82, 2.24) is 5.32 Å². The number of hydrogen-bond acceptors (Lipinski definition) is 3. The van der Waals surface area contributed by atoms with Gasteiger partial charge in [0.25, 0.3) is 0 Å². The Bertz CT molecular complexity index is 244. The molecule has 102 valence electrons. The average Bonchev–Trinajstić information content (AvgIpc) is 2.21. The highest BCUT2D eigenvalue weighted by Gasteiger charge is 2.28. The number of carbonyl (C=O) groups excluding carboxylic acids is 1. The Kier molecular flexibility index (Phi) is 6.13. The zero-order chi connectivity index (χ0) is 13.7. The molecule has 0 aliphatic carbocycles. The molecule has 4 N–H and O–H groups in total. The van der Waals surface area contributed by atoms with Crippen LogP contribution in [0.15, 0.2) is 0 Å². The van der Waals surface area contributed by atoms with Gasteiger partial charge in [0.2, 0.25) is 5.91 Å². The Morgan fingerprint density at radius 2 is 1.82 bits per heavy atom.